The van der Waals surface area contributed by atoms with Crippen molar-refractivity contribution in [1.29, 1.82) is 0 Å². The fourth-order valence-electron chi connectivity index (χ4n) is 0.924. The second-order valence-electron chi connectivity index (χ2n) is 2.43. The quantitative estimate of drug-likeness (QED) is 0.719. The highest BCUT2D eigenvalue weighted by Gasteiger charge is 2.14. The van der Waals surface area contributed by atoms with Crippen LogP contribution >= 0.6 is 11.8 Å². The molecule has 0 spiro atoms. The summed E-state index contributed by atoms with van der Waals surface area (Å²) in [6.07, 6.45) is 1.49. The number of rotatable bonds is 2. The van der Waals surface area contributed by atoms with Gasteiger partial charge in [-0.3, -0.25) is 4.79 Å². The molecule has 1 aliphatic rings. The summed E-state index contributed by atoms with van der Waals surface area (Å²) >= 11 is 1.38. The molecule has 0 unspecified atom stereocenters. The molecule has 1 aliphatic heterocycles. The zero-order valence-electron chi connectivity index (χ0n) is 6.68. The van der Waals surface area contributed by atoms with Gasteiger partial charge in [0, 0.05) is 4.90 Å². The second-order valence-corrected chi connectivity index (χ2v) is 3.54. The van der Waals surface area contributed by atoms with Crippen molar-refractivity contribution in [2.45, 2.75) is 4.90 Å². The molecule has 2 rings (SSSR count). The molecule has 1 aromatic carbocycles. The summed E-state index contributed by atoms with van der Waals surface area (Å²) in [5, 5.41) is 6.92. The zero-order chi connectivity index (χ0) is 9.10. The number of carbonyl (C=O) groups is 1. The van der Waals surface area contributed by atoms with Crippen molar-refractivity contribution < 1.29 is 4.79 Å². The maximum atomic E-state index is 11.0. The van der Waals surface area contributed by atoms with Gasteiger partial charge in [-0.05, 0) is 12.1 Å². The minimum atomic E-state index is -0.256. The topological polar surface area (TPSA) is 41.8 Å². The van der Waals surface area contributed by atoms with Gasteiger partial charge in [0.2, 0.25) is 0 Å². The predicted octanol–water partition coefficient (Wildman–Crippen LogP) is 2.61. The standard InChI is InChI=1S/C9H6N2OS/c12-9-8(6-10-11-9)13-7-4-2-1-3-5-7/h1-6H. The van der Waals surface area contributed by atoms with E-state index in [0.717, 1.165) is 4.90 Å². The summed E-state index contributed by atoms with van der Waals surface area (Å²) in [6, 6.07) is 9.67. The molecule has 0 aromatic heterocycles. The van der Waals surface area contributed by atoms with Crippen molar-refractivity contribution in [1.82, 2.24) is 0 Å². The van der Waals surface area contributed by atoms with Gasteiger partial charge in [-0.2, -0.15) is 5.11 Å². The number of hydrogen-bond acceptors (Lipinski definition) is 3. The van der Waals surface area contributed by atoms with E-state index in [2.05, 4.69) is 10.2 Å². The van der Waals surface area contributed by atoms with Crippen LogP contribution in [0.4, 0.5) is 0 Å². The minimum Gasteiger partial charge on any atom is -0.264 e. The molecule has 0 N–H and O–H groups in total. The molecule has 0 atom stereocenters. The molecule has 4 heteroatoms. The molecule has 0 aliphatic carbocycles. The van der Waals surface area contributed by atoms with Gasteiger partial charge in [0.05, 0.1) is 6.20 Å². The molecule has 0 bridgehead atoms. The van der Waals surface area contributed by atoms with Crippen LogP contribution in [0.3, 0.4) is 0 Å². The van der Waals surface area contributed by atoms with Crippen LogP contribution in [-0.2, 0) is 4.79 Å². The van der Waals surface area contributed by atoms with Gasteiger partial charge in [-0.1, -0.05) is 30.0 Å². The Balaban J connectivity index is 2.12. The normalized spacial score (nSPS) is 14.8. The van der Waals surface area contributed by atoms with Gasteiger partial charge in [0.15, 0.2) is 0 Å². The van der Waals surface area contributed by atoms with Gasteiger partial charge in [-0.25, -0.2) is 0 Å². The van der Waals surface area contributed by atoms with E-state index in [9.17, 15) is 4.79 Å². The Morgan fingerprint density at radius 2 is 1.92 bits per heavy atom. The molecule has 0 saturated heterocycles. The lowest BCUT2D eigenvalue weighted by atomic mass is 10.4. The van der Waals surface area contributed by atoms with Crippen molar-refractivity contribution in [3.05, 3.63) is 41.4 Å². The summed E-state index contributed by atoms with van der Waals surface area (Å²) < 4.78 is 0. The first kappa shape index (κ1) is 8.19. The SMILES string of the molecule is O=C1N=NC=C1Sc1ccccc1. The van der Waals surface area contributed by atoms with Gasteiger partial charge >= 0.3 is 5.91 Å². The second kappa shape index (κ2) is 3.53. The summed E-state index contributed by atoms with van der Waals surface area (Å²) in [5.41, 5.74) is 0. The third-order valence-corrected chi connectivity index (χ3v) is 2.51. The minimum absolute atomic E-state index is 0.256. The highest BCUT2D eigenvalue weighted by molar-refractivity contribution is 8.04. The Hall–Kier alpha value is -1.42. The average Bonchev–Trinajstić information content (AvgIpc) is 2.54. The van der Waals surface area contributed by atoms with Gasteiger partial charge in [0.25, 0.3) is 0 Å². The molecule has 1 aromatic rings. The molecule has 3 nitrogen and oxygen atoms in total. The third kappa shape index (κ3) is 1.84. The summed E-state index contributed by atoms with van der Waals surface area (Å²) in [7, 11) is 0. The van der Waals surface area contributed by atoms with Crippen LogP contribution < -0.4 is 0 Å². The van der Waals surface area contributed by atoms with Crippen molar-refractivity contribution in [3.8, 4) is 0 Å². The number of benzene rings is 1. The monoisotopic (exact) mass is 190 g/mol. The van der Waals surface area contributed by atoms with E-state index in [-0.39, 0.29) is 5.91 Å². The first-order valence-corrected chi connectivity index (χ1v) is 4.56. The summed E-state index contributed by atoms with van der Waals surface area (Å²) in [4.78, 5) is 12.6. The molecule has 1 amide bonds. The maximum Gasteiger partial charge on any atom is 0.303 e. The highest BCUT2D eigenvalue weighted by atomic mass is 32.2. The van der Waals surface area contributed by atoms with E-state index in [1.807, 2.05) is 30.3 Å². The van der Waals surface area contributed by atoms with E-state index in [4.69, 9.17) is 0 Å². The largest absolute Gasteiger partial charge is 0.303 e. The van der Waals surface area contributed by atoms with Gasteiger partial charge in [0.1, 0.15) is 4.91 Å². The van der Waals surface area contributed by atoms with E-state index >= 15 is 0 Å². The van der Waals surface area contributed by atoms with Gasteiger partial charge in [-0.15, -0.1) is 5.11 Å². The van der Waals surface area contributed by atoms with Crippen LogP contribution in [0.2, 0.25) is 0 Å². The number of amides is 1. The van der Waals surface area contributed by atoms with E-state index in [0.29, 0.717) is 4.91 Å². The first-order valence-electron chi connectivity index (χ1n) is 3.74. The Morgan fingerprint density at radius 3 is 2.54 bits per heavy atom. The van der Waals surface area contributed by atoms with Crippen molar-refractivity contribution in [2.24, 2.45) is 10.2 Å². The summed E-state index contributed by atoms with van der Waals surface area (Å²) in [6.45, 7) is 0. The molecule has 1 heterocycles. The van der Waals surface area contributed by atoms with Crippen molar-refractivity contribution in [2.75, 3.05) is 0 Å². The van der Waals surface area contributed by atoms with Crippen LogP contribution in [0.25, 0.3) is 0 Å². The molecule has 0 saturated carbocycles. The lowest BCUT2D eigenvalue weighted by molar-refractivity contribution is -0.113. The lowest BCUT2D eigenvalue weighted by Gasteiger charge is -1.97. The van der Waals surface area contributed by atoms with E-state index in [1.54, 1.807) is 0 Å². The molecule has 0 radical (unpaired) electrons. The summed E-state index contributed by atoms with van der Waals surface area (Å²) in [5.74, 6) is -0.256. The van der Waals surface area contributed by atoms with Crippen LogP contribution in [0.15, 0.2) is 56.6 Å². The number of hydrogen-bond donors (Lipinski definition) is 0. The lowest BCUT2D eigenvalue weighted by Crippen LogP contribution is -1.88. The Morgan fingerprint density at radius 1 is 1.15 bits per heavy atom. The molecule has 0 fully saturated rings. The molecule has 64 valence electrons. The number of azo groups is 1. The van der Waals surface area contributed by atoms with Crippen molar-refractivity contribution in [3.63, 3.8) is 0 Å². The first-order chi connectivity index (χ1) is 6.36. The predicted molar refractivity (Wildman–Crippen MR) is 50.2 cm³/mol. The Kier molecular flexibility index (Phi) is 2.23. The van der Waals surface area contributed by atoms with E-state index in [1.165, 1.54) is 18.0 Å². The fraction of sp³-hybridized carbons (Fsp3) is 0. The highest BCUT2D eigenvalue weighted by Crippen LogP contribution is 2.29. The molecular weight excluding hydrogens is 184 g/mol. The smallest absolute Gasteiger partial charge is 0.264 e. The van der Waals surface area contributed by atoms with Crippen LogP contribution in [-0.4, -0.2) is 5.91 Å². The molecule has 13 heavy (non-hydrogen) atoms. The van der Waals surface area contributed by atoms with Crippen LogP contribution in [0.5, 0.6) is 0 Å². The number of nitrogens with zero attached hydrogens (tertiary/aromatic N) is 2. The van der Waals surface area contributed by atoms with Crippen LogP contribution in [0, 0.1) is 0 Å². The number of carbonyl (C=O) groups excluding carboxylic acids is 1. The Bertz CT molecular complexity index is 384. The molecular formula is C9H6N2OS. The fourth-order valence-corrected chi connectivity index (χ4v) is 1.70. The average molecular weight is 190 g/mol. The number of thioether (sulfide) groups is 1. The van der Waals surface area contributed by atoms with Crippen molar-refractivity contribution >= 4 is 17.7 Å². The zero-order valence-corrected chi connectivity index (χ0v) is 7.49. The maximum absolute atomic E-state index is 11.0. The third-order valence-electron chi connectivity index (χ3n) is 1.51. The van der Waals surface area contributed by atoms with E-state index < -0.39 is 0 Å². The Labute approximate surface area is 79.6 Å². The van der Waals surface area contributed by atoms with Gasteiger partial charge < -0.3 is 0 Å². The van der Waals surface area contributed by atoms with Crippen LogP contribution in [0.1, 0.15) is 0 Å².